The van der Waals surface area contributed by atoms with Crippen molar-refractivity contribution in [2.75, 3.05) is 19.7 Å². The minimum Gasteiger partial charge on any atom is -0.375 e. The highest BCUT2D eigenvalue weighted by Gasteiger charge is 2.25. The van der Waals surface area contributed by atoms with Crippen LogP contribution in [0.25, 0.3) is 0 Å². The lowest BCUT2D eigenvalue weighted by Crippen LogP contribution is -2.52. The number of nitrogens with one attached hydrogen (secondary N) is 1. The second kappa shape index (κ2) is 4.17. The third-order valence-corrected chi connectivity index (χ3v) is 2.96. The topological polar surface area (TPSA) is 41.6 Å². The first kappa shape index (κ1) is 9.77. The van der Waals surface area contributed by atoms with Crippen molar-refractivity contribution in [3.63, 3.8) is 0 Å². The average molecular weight is 198 g/mol. The molecule has 14 heavy (non-hydrogen) atoms. The van der Waals surface area contributed by atoms with Crippen molar-refractivity contribution >= 4 is 6.03 Å². The lowest BCUT2D eigenvalue weighted by molar-refractivity contribution is -0.00424. The molecule has 4 nitrogen and oxygen atoms in total. The van der Waals surface area contributed by atoms with Crippen molar-refractivity contribution in [1.82, 2.24) is 10.2 Å². The first-order valence-corrected chi connectivity index (χ1v) is 5.43. The number of rotatable bonds is 1. The van der Waals surface area contributed by atoms with Crippen LogP contribution >= 0.6 is 0 Å². The largest absolute Gasteiger partial charge is 0.375 e. The molecule has 80 valence electrons. The number of carbonyl (C=O) groups is 1. The molecule has 1 saturated carbocycles. The summed E-state index contributed by atoms with van der Waals surface area (Å²) in [6.45, 7) is 4.11. The van der Waals surface area contributed by atoms with Gasteiger partial charge >= 0.3 is 6.03 Å². The fourth-order valence-corrected chi connectivity index (χ4v) is 1.82. The number of urea groups is 1. The van der Waals surface area contributed by atoms with Crippen LogP contribution in [0.1, 0.15) is 26.2 Å². The third kappa shape index (κ3) is 2.18. The van der Waals surface area contributed by atoms with Crippen molar-refractivity contribution in [1.29, 1.82) is 0 Å². The van der Waals surface area contributed by atoms with Gasteiger partial charge in [-0.15, -0.1) is 0 Å². The van der Waals surface area contributed by atoms with E-state index in [1.807, 2.05) is 11.8 Å². The molecule has 1 atom stereocenters. The van der Waals surface area contributed by atoms with Gasteiger partial charge in [0, 0.05) is 19.1 Å². The van der Waals surface area contributed by atoms with Gasteiger partial charge in [0.1, 0.15) is 0 Å². The maximum absolute atomic E-state index is 11.7. The molecule has 1 unspecified atom stereocenters. The third-order valence-electron chi connectivity index (χ3n) is 2.96. The molecule has 0 aromatic carbocycles. The number of carbonyl (C=O) groups excluding carboxylic acids is 1. The molecule has 1 aliphatic carbocycles. The number of hydrogen-bond donors (Lipinski definition) is 1. The highest BCUT2D eigenvalue weighted by atomic mass is 16.5. The van der Waals surface area contributed by atoms with Gasteiger partial charge in [0.2, 0.25) is 0 Å². The highest BCUT2D eigenvalue weighted by molar-refractivity contribution is 5.74. The molecule has 0 aromatic rings. The van der Waals surface area contributed by atoms with Crippen LogP contribution in [0.5, 0.6) is 0 Å². The summed E-state index contributed by atoms with van der Waals surface area (Å²) in [6, 6.07) is 0.519. The molecule has 1 aliphatic heterocycles. The molecular weight excluding hydrogens is 180 g/mol. The van der Waals surface area contributed by atoms with E-state index in [-0.39, 0.29) is 12.1 Å². The van der Waals surface area contributed by atoms with Crippen LogP contribution < -0.4 is 5.32 Å². The van der Waals surface area contributed by atoms with E-state index >= 15 is 0 Å². The van der Waals surface area contributed by atoms with Crippen molar-refractivity contribution in [2.24, 2.45) is 0 Å². The normalized spacial score (nSPS) is 28.4. The molecule has 2 aliphatic rings. The number of morpholine rings is 1. The smallest absolute Gasteiger partial charge is 0.317 e. The summed E-state index contributed by atoms with van der Waals surface area (Å²) in [5.41, 5.74) is 0. The zero-order valence-corrected chi connectivity index (χ0v) is 8.66. The van der Waals surface area contributed by atoms with Gasteiger partial charge in [-0.25, -0.2) is 4.79 Å². The first-order valence-electron chi connectivity index (χ1n) is 5.43. The van der Waals surface area contributed by atoms with Crippen molar-refractivity contribution < 1.29 is 9.53 Å². The molecule has 1 saturated heterocycles. The molecule has 1 N–H and O–H groups in total. The zero-order chi connectivity index (χ0) is 9.97. The van der Waals surface area contributed by atoms with Gasteiger partial charge in [0.15, 0.2) is 0 Å². The van der Waals surface area contributed by atoms with E-state index in [0.717, 1.165) is 25.9 Å². The average Bonchev–Trinajstić information content (AvgIpc) is 2.11. The second-order valence-electron chi connectivity index (χ2n) is 4.20. The summed E-state index contributed by atoms with van der Waals surface area (Å²) >= 11 is 0. The maximum atomic E-state index is 11.7. The minimum atomic E-state index is 0.0878. The van der Waals surface area contributed by atoms with Crippen molar-refractivity contribution in [3.05, 3.63) is 0 Å². The lowest BCUT2D eigenvalue weighted by Gasteiger charge is -2.34. The van der Waals surface area contributed by atoms with Crippen molar-refractivity contribution in [3.8, 4) is 0 Å². The molecule has 2 fully saturated rings. The Morgan fingerprint density at radius 1 is 1.50 bits per heavy atom. The molecule has 0 spiro atoms. The van der Waals surface area contributed by atoms with Crippen LogP contribution in [0, 0.1) is 0 Å². The van der Waals surface area contributed by atoms with Crippen LogP contribution in [-0.2, 0) is 4.74 Å². The van der Waals surface area contributed by atoms with E-state index in [1.165, 1.54) is 6.42 Å². The molecule has 2 amide bonds. The number of nitrogens with zero attached hydrogens (tertiary/aromatic N) is 1. The van der Waals surface area contributed by atoms with E-state index in [0.29, 0.717) is 12.6 Å². The monoisotopic (exact) mass is 198 g/mol. The van der Waals surface area contributed by atoms with Gasteiger partial charge in [-0.1, -0.05) is 0 Å². The highest BCUT2D eigenvalue weighted by Crippen LogP contribution is 2.18. The SMILES string of the molecule is CC1CN(C(=O)NC2CCC2)CCO1. The number of hydrogen-bond acceptors (Lipinski definition) is 2. The van der Waals surface area contributed by atoms with Crippen LogP contribution in [0.3, 0.4) is 0 Å². The Bertz CT molecular complexity index is 216. The van der Waals surface area contributed by atoms with E-state index in [2.05, 4.69) is 5.32 Å². The lowest BCUT2D eigenvalue weighted by atomic mass is 9.93. The van der Waals surface area contributed by atoms with E-state index in [1.54, 1.807) is 0 Å². The van der Waals surface area contributed by atoms with Gasteiger partial charge < -0.3 is 15.0 Å². The molecule has 0 bridgehead atoms. The van der Waals surface area contributed by atoms with Gasteiger partial charge in [0.05, 0.1) is 12.7 Å². The first-order chi connectivity index (χ1) is 6.75. The standard InChI is InChI=1S/C10H18N2O2/c1-8-7-12(5-6-14-8)10(13)11-9-3-2-4-9/h8-9H,2-7H2,1H3,(H,11,13). The van der Waals surface area contributed by atoms with Crippen molar-refractivity contribution in [2.45, 2.75) is 38.3 Å². The number of ether oxygens (including phenoxy) is 1. The Kier molecular flexibility index (Phi) is 2.91. The summed E-state index contributed by atoms with van der Waals surface area (Å²) in [4.78, 5) is 13.6. The fraction of sp³-hybridized carbons (Fsp3) is 0.900. The Labute approximate surface area is 84.6 Å². The summed E-state index contributed by atoms with van der Waals surface area (Å²) in [5, 5.41) is 3.04. The Morgan fingerprint density at radius 2 is 2.29 bits per heavy atom. The molecule has 0 aromatic heterocycles. The molecule has 0 radical (unpaired) electrons. The van der Waals surface area contributed by atoms with Gasteiger partial charge in [-0.3, -0.25) is 0 Å². The zero-order valence-electron chi connectivity index (χ0n) is 8.66. The Morgan fingerprint density at radius 3 is 2.86 bits per heavy atom. The van der Waals surface area contributed by atoms with Crippen LogP contribution in [-0.4, -0.2) is 42.8 Å². The van der Waals surface area contributed by atoms with Crippen LogP contribution in [0.4, 0.5) is 4.79 Å². The minimum absolute atomic E-state index is 0.0878. The quantitative estimate of drug-likeness (QED) is 0.682. The summed E-state index contributed by atoms with van der Waals surface area (Å²) in [7, 11) is 0. The molecule has 4 heteroatoms. The summed E-state index contributed by atoms with van der Waals surface area (Å²) in [5.74, 6) is 0. The van der Waals surface area contributed by atoms with Gasteiger partial charge in [-0.2, -0.15) is 0 Å². The Hall–Kier alpha value is -0.770. The Balaban J connectivity index is 1.77. The fourth-order valence-electron chi connectivity index (χ4n) is 1.82. The van der Waals surface area contributed by atoms with E-state index in [9.17, 15) is 4.79 Å². The van der Waals surface area contributed by atoms with Crippen LogP contribution in [0.15, 0.2) is 0 Å². The predicted molar refractivity (Wildman–Crippen MR) is 53.2 cm³/mol. The van der Waals surface area contributed by atoms with E-state index < -0.39 is 0 Å². The van der Waals surface area contributed by atoms with Crippen LogP contribution in [0.2, 0.25) is 0 Å². The van der Waals surface area contributed by atoms with Gasteiger partial charge in [-0.05, 0) is 26.2 Å². The van der Waals surface area contributed by atoms with E-state index in [4.69, 9.17) is 4.74 Å². The molecule has 2 rings (SSSR count). The predicted octanol–water partition coefficient (Wildman–Crippen LogP) is 0.969. The summed E-state index contributed by atoms with van der Waals surface area (Å²) < 4.78 is 5.38. The van der Waals surface area contributed by atoms with Gasteiger partial charge in [0.25, 0.3) is 0 Å². The maximum Gasteiger partial charge on any atom is 0.317 e. The molecular formula is C10H18N2O2. The number of amides is 2. The summed E-state index contributed by atoms with van der Waals surface area (Å²) in [6.07, 6.45) is 3.72. The molecule has 1 heterocycles. The second-order valence-corrected chi connectivity index (χ2v) is 4.20.